The second kappa shape index (κ2) is 8.35. The summed E-state index contributed by atoms with van der Waals surface area (Å²) in [6.07, 6.45) is 5.64. The lowest BCUT2D eigenvalue weighted by Crippen LogP contribution is -2.30. The smallest absolute Gasteiger partial charge is 0.303 e. The Morgan fingerprint density at radius 1 is 1.08 bits per heavy atom. The predicted molar refractivity (Wildman–Crippen MR) is 47.7 cm³/mol. The first-order valence-corrected chi connectivity index (χ1v) is 4.81. The van der Waals surface area contributed by atoms with Crippen LogP contribution in [0.5, 0.6) is 0 Å². The molecule has 0 amide bonds. The summed E-state index contributed by atoms with van der Waals surface area (Å²) in [7, 11) is 0. The molecule has 0 aromatic heterocycles. The normalized spacial score (nSPS) is 18.2. The van der Waals surface area contributed by atoms with E-state index in [9.17, 15) is 13.2 Å². The molecule has 0 saturated carbocycles. The number of likely N-dealkylation sites (tertiary alicyclic amines) is 1. The molecule has 0 radical (unpaired) electrons. The fourth-order valence-electron chi connectivity index (χ4n) is 1.50. The maximum atomic E-state index is 9.67. The van der Waals surface area contributed by atoms with Gasteiger partial charge >= 0.3 is 6.68 Å². The Morgan fingerprint density at radius 3 is 1.92 bits per heavy atom. The van der Waals surface area contributed by atoms with Gasteiger partial charge in [0.1, 0.15) is 0 Å². The molecule has 4 heteroatoms. The molecule has 0 spiro atoms. The zero-order valence-corrected chi connectivity index (χ0v) is 8.11. The minimum Gasteiger partial charge on any atom is -0.303 e. The van der Waals surface area contributed by atoms with Crippen molar-refractivity contribution in [3.63, 3.8) is 0 Å². The first-order chi connectivity index (χ1) is 6.16. The van der Waals surface area contributed by atoms with E-state index in [4.69, 9.17) is 0 Å². The van der Waals surface area contributed by atoms with Gasteiger partial charge in [0.25, 0.3) is 0 Å². The summed E-state index contributed by atoms with van der Waals surface area (Å²) in [4.78, 5) is 2.57. The van der Waals surface area contributed by atoms with Crippen LogP contribution in [0.1, 0.15) is 32.6 Å². The Labute approximate surface area is 77.9 Å². The van der Waals surface area contributed by atoms with Gasteiger partial charge in [-0.2, -0.15) is 13.2 Å². The predicted octanol–water partition coefficient (Wildman–Crippen LogP) is 3.06. The molecule has 1 fully saturated rings. The first-order valence-electron chi connectivity index (χ1n) is 4.81. The number of rotatable bonds is 2. The molecule has 0 aliphatic carbocycles. The highest BCUT2D eigenvalue weighted by Gasteiger charge is 2.07. The second-order valence-corrected chi connectivity index (χ2v) is 3.15. The van der Waals surface area contributed by atoms with Gasteiger partial charge in [-0.1, -0.05) is 13.3 Å². The topological polar surface area (TPSA) is 3.24 Å². The highest BCUT2D eigenvalue weighted by Crippen LogP contribution is 2.07. The van der Waals surface area contributed by atoms with Crippen molar-refractivity contribution in [1.82, 2.24) is 4.90 Å². The van der Waals surface area contributed by atoms with Crippen molar-refractivity contribution in [1.29, 1.82) is 0 Å². The first kappa shape index (κ1) is 12.8. The number of piperidine rings is 1. The summed E-state index contributed by atoms with van der Waals surface area (Å²) < 4.78 is 29.0. The Balaban J connectivity index is 0.000000310. The molecule has 1 saturated heterocycles. The third-order valence-electron chi connectivity index (χ3n) is 1.99. The van der Waals surface area contributed by atoms with Gasteiger partial charge in [-0.15, -0.1) is 0 Å². The largest absolute Gasteiger partial charge is 0.379 e. The monoisotopic (exact) mass is 197 g/mol. The van der Waals surface area contributed by atoms with Gasteiger partial charge in [0.05, 0.1) is 0 Å². The Morgan fingerprint density at radius 2 is 1.54 bits per heavy atom. The number of halogens is 3. The zero-order valence-electron chi connectivity index (χ0n) is 8.11. The third-order valence-corrected chi connectivity index (χ3v) is 1.99. The van der Waals surface area contributed by atoms with Crippen molar-refractivity contribution in [2.45, 2.75) is 39.3 Å². The van der Waals surface area contributed by atoms with Crippen molar-refractivity contribution in [2.75, 3.05) is 19.6 Å². The lowest BCUT2D eigenvalue weighted by molar-refractivity contribution is 0.00819. The number of hydrogen-bond donors (Lipinski definition) is 0. The molecule has 0 aromatic carbocycles. The van der Waals surface area contributed by atoms with E-state index in [2.05, 4.69) is 11.8 Å². The van der Waals surface area contributed by atoms with Gasteiger partial charge in [-0.25, -0.2) is 0 Å². The van der Waals surface area contributed by atoms with E-state index in [0.29, 0.717) is 0 Å². The van der Waals surface area contributed by atoms with Gasteiger partial charge in [-0.05, 0) is 38.9 Å². The Hall–Kier alpha value is -0.250. The van der Waals surface area contributed by atoms with E-state index in [1.54, 1.807) is 0 Å². The average molecular weight is 197 g/mol. The van der Waals surface area contributed by atoms with Crippen LogP contribution in [0.2, 0.25) is 0 Å². The van der Waals surface area contributed by atoms with Gasteiger partial charge in [0, 0.05) is 0 Å². The van der Waals surface area contributed by atoms with E-state index < -0.39 is 6.68 Å². The second-order valence-electron chi connectivity index (χ2n) is 3.15. The van der Waals surface area contributed by atoms with Crippen LogP contribution in [-0.4, -0.2) is 31.2 Å². The molecule has 13 heavy (non-hydrogen) atoms. The lowest BCUT2D eigenvalue weighted by Gasteiger charge is -2.25. The summed E-state index contributed by atoms with van der Waals surface area (Å²) in [5.74, 6) is 0. The van der Waals surface area contributed by atoms with E-state index in [0.717, 1.165) is 0 Å². The van der Waals surface area contributed by atoms with Crippen LogP contribution < -0.4 is 0 Å². The molecule has 0 N–H and O–H groups in total. The quantitative estimate of drug-likeness (QED) is 0.657. The van der Waals surface area contributed by atoms with Crippen molar-refractivity contribution < 1.29 is 13.2 Å². The molecular formula is C9H18F3N. The van der Waals surface area contributed by atoms with Crippen LogP contribution in [0.3, 0.4) is 0 Å². The SMILES string of the molecule is CCCN1CCCCC1.FC(F)F. The third kappa shape index (κ3) is 9.67. The van der Waals surface area contributed by atoms with Gasteiger partial charge < -0.3 is 4.90 Å². The minimum atomic E-state index is -3.67. The molecule has 1 rings (SSSR count). The van der Waals surface area contributed by atoms with Crippen molar-refractivity contribution >= 4 is 0 Å². The van der Waals surface area contributed by atoms with Crippen LogP contribution in [0, 0.1) is 0 Å². The lowest BCUT2D eigenvalue weighted by atomic mass is 10.1. The van der Waals surface area contributed by atoms with Crippen molar-refractivity contribution in [3.8, 4) is 0 Å². The van der Waals surface area contributed by atoms with Gasteiger partial charge in [0.2, 0.25) is 0 Å². The number of alkyl halides is 3. The maximum absolute atomic E-state index is 9.67. The molecular weight excluding hydrogens is 179 g/mol. The average Bonchev–Trinajstić information content (AvgIpc) is 2.06. The summed E-state index contributed by atoms with van der Waals surface area (Å²) in [6.45, 7) is 2.62. The summed E-state index contributed by atoms with van der Waals surface area (Å²) >= 11 is 0. The van der Waals surface area contributed by atoms with E-state index in [-0.39, 0.29) is 0 Å². The van der Waals surface area contributed by atoms with Crippen LogP contribution >= 0.6 is 0 Å². The van der Waals surface area contributed by atoms with Crippen molar-refractivity contribution in [3.05, 3.63) is 0 Å². The maximum Gasteiger partial charge on any atom is 0.379 e. The van der Waals surface area contributed by atoms with E-state index >= 15 is 0 Å². The molecule has 1 aliphatic rings. The van der Waals surface area contributed by atoms with Crippen LogP contribution in [0.4, 0.5) is 13.2 Å². The van der Waals surface area contributed by atoms with Crippen LogP contribution in [-0.2, 0) is 0 Å². The van der Waals surface area contributed by atoms with Gasteiger partial charge in [0.15, 0.2) is 0 Å². The van der Waals surface area contributed by atoms with E-state index in [1.165, 1.54) is 45.3 Å². The summed E-state index contributed by atoms with van der Waals surface area (Å²) in [5.41, 5.74) is 0. The highest BCUT2D eigenvalue weighted by atomic mass is 19.4. The van der Waals surface area contributed by atoms with Gasteiger partial charge in [-0.3, -0.25) is 0 Å². The van der Waals surface area contributed by atoms with Crippen molar-refractivity contribution in [2.24, 2.45) is 0 Å². The molecule has 0 bridgehead atoms. The number of nitrogens with zero attached hydrogens (tertiary/aromatic N) is 1. The summed E-state index contributed by atoms with van der Waals surface area (Å²) in [5, 5.41) is 0. The standard InChI is InChI=1S/C8H17N.CHF3/c1-2-6-9-7-4-3-5-8-9;2-1(3)4/h2-8H2,1H3;1H. The highest BCUT2D eigenvalue weighted by molar-refractivity contribution is 4.62. The fourth-order valence-corrected chi connectivity index (χ4v) is 1.50. The molecule has 1 nitrogen and oxygen atoms in total. The fraction of sp³-hybridized carbons (Fsp3) is 1.00. The Bertz CT molecular complexity index is 97.5. The number of hydrogen-bond acceptors (Lipinski definition) is 1. The molecule has 0 aromatic rings. The molecule has 0 unspecified atom stereocenters. The molecule has 1 heterocycles. The Kier molecular flexibility index (Phi) is 8.19. The van der Waals surface area contributed by atoms with E-state index in [1.807, 2.05) is 0 Å². The molecule has 80 valence electrons. The van der Waals surface area contributed by atoms with Crippen LogP contribution in [0.15, 0.2) is 0 Å². The zero-order chi connectivity index (χ0) is 10.1. The van der Waals surface area contributed by atoms with Crippen LogP contribution in [0.25, 0.3) is 0 Å². The minimum absolute atomic E-state index is 1.32. The molecule has 0 atom stereocenters. The molecule has 1 aliphatic heterocycles. The summed E-state index contributed by atoms with van der Waals surface area (Å²) in [6, 6.07) is 0.